The second-order valence-corrected chi connectivity index (χ2v) is 30.4. The van der Waals surface area contributed by atoms with Crippen LogP contribution < -0.4 is 0 Å². The minimum Gasteiger partial charge on any atom is -0.458 e. The highest BCUT2D eigenvalue weighted by Crippen LogP contribution is 2.62. The number of rotatable bonds is 14. The van der Waals surface area contributed by atoms with Gasteiger partial charge in [-0.3, -0.25) is 19.2 Å². The van der Waals surface area contributed by atoms with E-state index >= 15 is 0 Å². The van der Waals surface area contributed by atoms with Crippen LogP contribution >= 0.6 is 0 Å². The van der Waals surface area contributed by atoms with Crippen molar-refractivity contribution in [3.8, 4) is 0 Å². The average Bonchev–Trinajstić information content (AvgIpc) is 4.41. The third-order valence-electron chi connectivity index (χ3n) is 24.6. The number of hydrogen-bond acceptors (Lipinski definition) is 8. The molecule has 0 aliphatic heterocycles. The zero-order valence-electron chi connectivity index (χ0n) is 54.1. The van der Waals surface area contributed by atoms with Crippen molar-refractivity contribution in [1.82, 2.24) is 0 Å². The van der Waals surface area contributed by atoms with E-state index in [1.807, 2.05) is 55.4 Å². The van der Waals surface area contributed by atoms with Gasteiger partial charge in [0.05, 0.1) is 21.7 Å². The number of carbonyl (C=O) groups is 4. The zero-order valence-corrected chi connectivity index (χ0v) is 54.1. The fourth-order valence-corrected chi connectivity index (χ4v) is 16.6. The molecule has 8 fully saturated rings. The molecule has 0 N–H and O–H groups in total. The Hall–Kier alpha value is -2.12. The Morgan fingerprint density at radius 2 is 0.487 bits per heavy atom. The van der Waals surface area contributed by atoms with Crippen LogP contribution in [-0.4, -0.2) is 46.3 Å². The van der Waals surface area contributed by atoms with Gasteiger partial charge in [0, 0.05) is 21.7 Å². The molecule has 8 aliphatic rings. The van der Waals surface area contributed by atoms with E-state index in [4.69, 9.17) is 18.9 Å². The van der Waals surface area contributed by atoms with Crippen molar-refractivity contribution in [2.45, 2.75) is 377 Å². The lowest BCUT2D eigenvalue weighted by Gasteiger charge is -2.53. The molecule has 8 rings (SSSR count). The SMILES string of the molecule is CCC(C)(C)C(=O)OC1(C)CCCC12CCCCC2.CCC(C)(C)C(=O)OC1(C)CCCCC12CCCCC2.CCC(C)(C)C(=O)OC1(CC)CCCC12CCCC2.CCC(C)(C)C(=O)OC1(CC)CCCCC12CCCC2. The Morgan fingerprint density at radius 3 is 0.795 bits per heavy atom. The maximum absolute atomic E-state index is 12.6. The Balaban J connectivity index is 0.000000192. The van der Waals surface area contributed by atoms with Crippen LogP contribution in [0.3, 0.4) is 0 Å². The first kappa shape index (κ1) is 66.7. The molecular weight excluding hydrogens is 969 g/mol. The lowest BCUT2D eigenvalue weighted by atomic mass is 9.57. The molecule has 0 aromatic carbocycles. The largest absolute Gasteiger partial charge is 0.458 e. The fraction of sp³-hybridized carbons (Fsp3) is 0.943. The van der Waals surface area contributed by atoms with Crippen molar-refractivity contribution in [3.05, 3.63) is 0 Å². The Bertz CT molecular complexity index is 1920. The van der Waals surface area contributed by atoms with Gasteiger partial charge >= 0.3 is 23.9 Å². The lowest BCUT2D eigenvalue weighted by molar-refractivity contribution is -0.197. The highest BCUT2D eigenvalue weighted by molar-refractivity contribution is 5.78. The summed E-state index contributed by atoms with van der Waals surface area (Å²) < 4.78 is 24.8. The van der Waals surface area contributed by atoms with Crippen molar-refractivity contribution in [3.63, 3.8) is 0 Å². The van der Waals surface area contributed by atoms with Crippen LogP contribution in [0.5, 0.6) is 0 Å². The predicted molar refractivity (Wildman–Crippen MR) is 321 cm³/mol. The zero-order chi connectivity index (χ0) is 58.0. The summed E-state index contributed by atoms with van der Waals surface area (Å²) >= 11 is 0. The maximum atomic E-state index is 12.6. The molecule has 0 amide bonds. The fourth-order valence-electron chi connectivity index (χ4n) is 16.6. The van der Waals surface area contributed by atoms with Crippen LogP contribution in [0.15, 0.2) is 0 Å². The summed E-state index contributed by atoms with van der Waals surface area (Å²) in [6, 6.07) is 0. The van der Waals surface area contributed by atoms with Gasteiger partial charge in [-0.15, -0.1) is 0 Å². The van der Waals surface area contributed by atoms with Crippen molar-refractivity contribution in [2.75, 3.05) is 0 Å². The number of esters is 4. The van der Waals surface area contributed by atoms with Crippen molar-refractivity contribution >= 4 is 23.9 Å². The smallest absolute Gasteiger partial charge is 0.312 e. The molecule has 0 saturated heterocycles. The number of ether oxygens (including phenoxy) is 4. The topological polar surface area (TPSA) is 105 Å². The van der Waals surface area contributed by atoms with Gasteiger partial charge in [0.25, 0.3) is 0 Å². The van der Waals surface area contributed by atoms with Crippen molar-refractivity contribution < 1.29 is 38.1 Å². The molecule has 452 valence electrons. The molecule has 8 heteroatoms. The normalized spacial score (nSPS) is 30.1. The second-order valence-electron chi connectivity index (χ2n) is 30.4. The quantitative estimate of drug-likeness (QED) is 0.125. The summed E-state index contributed by atoms with van der Waals surface area (Å²) in [5.74, 6) is 0.0544. The minimum absolute atomic E-state index is 0.00403. The standard InChI is InChI=1S/2C18H32O2.2C17H30O2/c1-5-16(2,3)15(19)20-17(4)11-9-10-14-18(17)12-7-6-8-13-18;1-5-16(3,4)15(19)20-18(6-2)14-10-9-13-17(18)11-7-8-12-17;1-5-15(2,3)14(18)19-16(4)10-9-13-17(16)11-7-6-8-12-17;1-5-15(3,4)14(18)19-17(6-2)13-9-12-16(17)10-7-8-11-16/h2*5-14H2,1-4H3;2*5-13H2,1-4H3. The first-order valence-corrected chi connectivity index (χ1v) is 33.5. The second kappa shape index (κ2) is 26.6. The van der Waals surface area contributed by atoms with Gasteiger partial charge in [0.2, 0.25) is 0 Å². The van der Waals surface area contributed by atoms with Crippen LogP contribution in [0.1, 0.15) is 355 Å². The van der Waals surface area contributed by atoms with Gasteiger partial charge in [-0.1, -0.05) is 119 Å². The molecule has 4 atom stereocenters. The van der Waals surface area contributed by atoms with E-state index in [-0.39, 0.29) is 78.8 Å². The molecule has 0 radical (unpaired) electrons. The van der Waals surface area contributed by atoms with E-state index in [0.29, 0.717) is 10.8 Å². The minimum atomic E-state index is -0.351. The third kappa shape index (κ3) is 13.9. The lowest BCUT2D eigenvalue weighted by Crippen LogP contribution is -2.53. The Kier molecular flexibility index (Phi) is 22.8. The third-order valence-corrected chi connectivity index (χ3v) is 24.6. The molecule has 4 spiro atoms. The van der Waals surface area contributed by atoms with Crippen LogP contribution in [0.4, 0.5) is 0 Å². The van der Waals surface area contributed by atoms with E-state index in [0.717, 1.165) is 64.2 Å². The van der Waals surface area contributed by atoms with Gasteiger partial charge in [0.15, 0.2) is 0 Å². The van der Waals surface area contributed by atoms with E-state index in [2.05, 4.69) is 55.4 Å². The van der Waals surface area contributed by atoms with E-state index in [1.54, 1.807) is 0 Å². The highest BCUT2D eigenvalue weighted by Gasteiger charge is 2.60. The highest BCUT2D eigenvalue weighted by atomic mass is 16.6. The first-order valence-electron chi connectivity index (χ1n) is 33.5. The van der Waals surface area contributed by atoms with Gasteiger partial charge < -0.3 is 18.9 Å². The molecular formula is C70H124O8. The summed E-state index contributed by atoms with van der Waals surface area (Å²) in [4.78, 5) is 50.2. The Morgan fingerprint density at radius 1 is 0.282 bits per heavy atom. The number of carbonyl (C=O) groups excluding carboxylic acids is 4. The monoisotopic (exact) mass is 1090 g/mol. The molecule has 0 aromatic rings. The summed E-state index contributed by atoms with van der Waals surface area (Å²) in [5, 5.41) is 0. The van der Waals surface area contributed by atoms with Crippen LogP contribution in [-0.2, 0) is 38.1 Å². The van der Waals surface area contributed by atoms with Crippen LogP contribution in [0.25, 0.3) is 0 Å². The van der Waals surface area contributed by atoms with E-state index < -0.39 is 0 Å². The van der Waals surface area contributed by atoms with E-state index in [1.165, 1.54) is 180 Å². The van der Waals surface area contributed by atoms with Crippen LogP contribution in [0.2, 0.25) is 0 Å². The van der Waals surface area contributed by atoms with Crippen molar-refractivity contribution in [1.29, 1.82) is 0 Å². The summed E-state index contributed by atoms with van der Waals surface area (Å²) in [5.41, 5.74) is -1.01. The number of hydrogen-bond donors (Lipinski definition) is 0. The summed E-state index contributed by atoms with van der Waals surface area (Å²) in [6.07, 6.45) is 45.4. The average molecular weight is 1090 g/mol. The predicted octanol–water partition coefficient (Wildman–Crippen LogP) is 20.2. The Labute approximate surface area is 480 Å². The molecule has 0 heterocycles. The van der Waals surface area contributed by atoms with Gasteiger partial charge in [-0.2, -0.15) is 0 Å². The molecule has 78 heavy (non-hydrogen) atoms. The molecule has 0 aromatic heterocycles. The molecule has 8 aliphatic carbocycles. The summed E-state index contributed by atoms with van der Waals surface area (Å²) in [6.45, 7) is 33.2. The molecule has 4 unspecified atom stereocenters. The molecule has 8 nitrogen and oxygen atoms in total. The molecule has 0 bridgehead atoms. The van der Waals surface area contributed by atoms with Gasteiger partial charge in [-0.05, 0) is 236 Å². The van der Waals surface area contributed by atoms with Crippen molar-refractivity contribution in [2.24, 2.45) is 43.3 Å². The summed E-state index contributed by atoms with van der Waals surface area (Å²) in [7, 11) is 0. The van der Waals surface area contributed by atoms with Crippen LogP contribution in [0, 0.1) is 43.3 Å². The first-order chi connectivity index (χ1) is 36.5. The van der Waals surface area contributed by atoms with Gasteiger partial charge in [-0.25, -0.2) is 0 Å². The van der Waals surface area contributed by atoms with Gasteiger partial charge in [0.1, 0.15) is 22.4 Å². The maximum Gasteiger partial charge on any atom is 0.312 e. The van der Waals surface area contributed by atoms with E-state index in [9.17, 15) is 19.2 Å². The molecule has 8 saturated carbocycles.